The Morgan fingerprint density at radius 2 is 2.00 bits per heavy atom. The van der Waals surface area contributed by atoms with Crippen LogP contribution in [0.1, 0.15) is 39.2 Å². The van der Waals surface area contributed by atoms with E-state index in [1.54, 1.807) is 0 Å². The first-order valence-electron chi connectivity index (χ1n) is 7.88. The molecule has 3 rings (SSSR count). The molecular formula is C17H24FN3O. The fraction of sp³-hybridized carbons (Fsp3) is 0.588. The van der Waals surface area contributed by atoms with E-state index in [0.717, 1.165) is 31.5 Å². The molecule has 0 bridgehead atoms. The quantitative estimate of drug-likeness (QED) is 0.923. The van der Waals surface area contributed by atoms with Crippen LogP contribution in [-0.4, -0.2) is 41.1 Å². The highest BCUT2D eigenvalue weighted by Crippen LogP contribution is 2.34. The molecule has 0 amide bonds. The van der Waals surface area contributed by atoms with Crippen molar-refractivity contribution in [1.82, 2.24) is 14.9 Å². The Labute approximate surface area is 130 Å². The average Bonchev–Trinajstić information content (AvgIpc) is 2.80. The van der Waals surface area contributed by atoms with Crippen molar-refractivity contribution in [2.75, 3.05) is 20.1 Å². The monoisotopic (exact) mass is 305 g/mol. The fourth-order valence-corrected chi connectivity index (χ4v) is 2.89. The normalized spacial score (nSPS) is 18.0. The molecule has 0 unspecified atom stereocenters. The summed E-state index contributed by atoms with van der Waals surface area (Å²) in [7, 11) is 2.13. The van der Waals surface area contributed by atoms with E-state index in [9.17, 15) is 4.39 Å². The summed E-state index contributed by atoms with van der Waals surface area (Å²) in [5.41, 5.74) is 1.36. The number of hydrogen-bond donors (Lipinski definition) is 1. The number of pyridine rings is 1. The van der Waals surface area contributed by atoms with Gasteiger partial charge < -0.3 is 14.6 Å². The molecule has 1 saturated heterocycles. The molecule has 2 aromatic heterocycles. The molecule has 0 aliphatic carbocycles. The summed E-state index contributed by atoms with van der Waals surface area (Å²) >= 11 is 0. The Morgan fingerprint density at radius 3 is 2.64 bits per heavy atom. The molecule has 120 valence electrons. The third-order valence-electron chi connectivity index (χ3n) is 4.33. The molecule has 1 aliphatic rings. The molecule has 1 fully saturated rings. The van der Waals surface area contributed by atoms with Crippen LogP contribution in [0.15, 0.2) is 12.3 Å². The minimum Gasteiger partial charge on any atom is -0.474 e. The summed E-state index contributed by atoms with van der Waals surface area (Å²) in [6.45, 7) is 8.37. The van der Waals surface area contributed by atoms with Crippen LogP contribution in [0.2, 0.25) is 0 Å². The van der Waals surface area contributed by atoms with Gasteiger partial charge in [0, 0.05) is 24.8 Å². The molecule has 2 aromatic rings. The van der Waals surface area contributed by atoms with Crippen molar-refractivity contribution < 1.29 is 9.13 Å². The van der Waals surface area contributed by atoms with Crippen molar-refractivity contribution in [3.05, 3.63) is 23.6 Å². The van der Waals surface area contributed by atoms with Crippen molar-refractivity contribution in [2.24, 2.45) is 0 Å². The highest BCUT2D eigenvalue weighted by atomic mass is 19.1. The largest absolute Gasteiger partial charge is 0.474 e. The fourth-order valence-electron chi connectivity index (χ4n) is 2.89. The topological polar surface area (TPSA) is 41.1 Å². The molecule has 5 heteroatoms. The van der Waals surface area contributed by atoms with E-state index in [1.165, 1.54) is 6.20 Å². The van der Waals surface area contributed by atoms with Crippen molar-refractivity contribution in [3.8, 4) is 5.88 Å². The number of nitrogens with zero attached hydrogens (tertiary/aromatic N) is 2. The van der Waals surface area contributed by atoms with Gasteiger partial charge in [-0.2, -0.15) is 4.98 Å². The van der Waals surface area contributed by atoms with Gasteiger partial charge >= 0.3 is 0 Å². The minimum atomic E-state index is -0.265. The molecule has 22 heavy (non-hydrogen) atoms. The zero-order valence-corrected chi connectivity index (χ0v) is 13.7. The number of piperidine rings is 1. The van der Waals surface area contributed by atoms with Gasteiger partial charge in [0.05, 0.1) is 5.39 Å². The standard InChI is InChI=1S/C17H24FN3O/c1-17(2,3)13-9-12-14(18)10-19-15(12)20-16(13)22-11-5-7-21(4)8-6-11/h9-11H,5-8H2,1-4H3,(H,19,20). The SMILES string of the molecule is CN1CCC(Oc2nc3[nH]cc(F)c3cc2C(C)(C)C)CC1. The highest BCUT2D eigenvalue weighted by Gasteiger charge is 2.26. The summed E-state index contributed by atoms with van der Waals surface area (Å²) in [5, 5.41) is 0.528. The maximum Gasteiger partial charge on any atom is 0.219 e. The Morgan fingerprint density at radius 1 is 1.32 bits per heavy atom. The first-order chi connectivity index (χ1) is 10.3. The summed E-state index contributed by atoms with van der Waals surface area (Å²) in [4.78, 5) is 9.73. The number of aromatic amines is 1. The molecule has 0 saturated carbocycles. The number of ether oxygens (including phenoxy) is 1. The third-order valence-corrected chi connectivity index (χ3v) is 4.33. The predicted octanol–water partition coefficient (Wildman–Crippen LogP) is 3.47. The van der Waals surface area contributed by atoms with Crippen molar-refractivity contribution in [2.45, 2.75) is 45.1 Å². The lowest BCUT2D eigenvalue weighted by Gasteiger charge is -2.31. The smallest absolute Gasteiger partial charge is 0.219 e. The number of halogens is 1. The number of fused-ring (bicyclic) bond motifs is 1. The van der Waals surface area contributed by atoms with Crippen molar-refractivity contribution in [3.63, 3.8) is 0 Å². The van der Waals surface area contributed by atoms with Crippen LogP contribution >= 0.6 is 0 Å². The van der Waals surface area contributed by atoms with Crippen LogP contribution in [0.4, 0.5) is 4.39 Å². The van der Waals surface area contributed by atoms with E-state index < -0.39 is 0 Å². The van der Waals surface area contributed by atoms with E-state index in [1.807, 2.05) is 6.07 Å². The van der Waals surface area contributed by atoms with E-state index in [4.69, 9.17) is 4.74 Å². The van der Waals surface area contributed by atoms with Gasteiger partial charge in [-0.05, 0) is 31.4 Å². The van der Waals surface area contributed by atoms with Gasteiger partial charge in [0.15, 0.2) is 0 Å². The summed E-state index contributed by atoms with van der Waals surface area (Å²) in [5.74, 6) is 0.371. The van der Waals surface area contributed by atoms with Crippen LogP contribution in [0.25, 0.3) is 11.0 Å². The Bertz CT molecular complexity index is 666. The van der Waals surface area contributed by atoms with Gasteiger partial charge in [0.25, 0.3) is 0 Å². The first kappa shape index (κ1) is 15.3. The van der Waals surface area contributed by atoms with Crippen LogP contribution in [-0.2, 0) is 5.41 Å². The molecule has 0 spiro atoms. The second-order valence-electron chi connectivity index (χ2n) is 7.24. The highest BCUT2D eigenvalue weighted by molar-refractivity contribution is 5.78. The molecule has 0 atom stereocenters. The maximum absolute atomic E-state index is 13.8. The predicted molar refractivity (Wildman–Crippen MR) is 85.9 cm³/mol. The van der Waals surface area contributed by atoms with E-state index >= 15 is 0 Å². The summed E-state index contributed by atoms with van der Waals surface area (Å²) in [6, 6.07) is 1.87. The van der Waals surface area contributed by atoms with Gasteiger partial charge in [0.2, 0.25) is 5.88 Å². The van der Waals surface area contributed by atoms with Crippen LogP contribution in [0, 0.1) is 5.82 Å². The van der Waals surface area contributed by atoms with Crippen molar-refractivity contribution in [1.29, 1.82) is 0 Å². The Balaban J connectivity index is 1.96. The average molecular weight is 305 g/mol. The molecule has 0 radical (unpaired) electrons. The van der Waals surface area contributed by atoms with Gasteiger partial charge in [-0.25, -0.2) is 4.39 Å². The van der Waals surface area contributed by atoms with E-state index in [2.05, 4.69) is 42.7 Å². The maximum atomic E-state index is 13.8. The molecule has 1 N–H and O–H groups in total. The number of hydrogen-bond acceptors (Lipinski definition) is 3. The van der Waals surface area contributed by atoms with Gasteiger partial charge in [0.1, 0.15) is 17.6 Å². The second-order valence-corrected chi connectivity index (χ2v) is 7.24. The molecule has 4 nitrogen and oxygen atoms in total. The summed E-state index contributed by atoms with van der Waals surface area (Å²) < 4.78 is 20.0. The minimum absolute atomic E-state index is 0.147. The van der Waals surface area contributed by atoms with E-state index in [0.29, 0.717) is 16.9 Å². The van der Waals surface area contributed by atoms with Crippen LogP contribution in [0.5, 0.6) is 5.88 Å². The van der Waals surface area contributed by atoms with Gasteiger partial charge in [-0.1, -0.05) is 20.8 Å². The summed E-state index contributed by atoms with van der Waals surface area (Å²) in [6.07, 6.45) is 3.53. The molecule has 0 aromatic carbocycles. The lowest BCUT2D eigenvalue weighted by Crippen LogP contribution is -2.36. The number of aromatic nitrogens is 2. The number of nitrogens with one attached hydrogen (secondary N) is 1. The number of likely N-dealkylation sites (tertiary alicyclic amines) is 1. The Hall–Kier alpha value is -1.62. The number of H-pyrrole nitrogens is 1. The van der Waals surface area contributed by atoms with Crippen LogP contribution in [0.3, 0.4) is 0 Å². The van der Waals surface area contributed by atoms with Gasteiger partial charge in [-0.3, -0.25) is 0 Å². The van der Waals surface area contributed by atoms with E-state index in [-0.39, 0.29) is 17.3 Å². The zero-order chi connectivity index (χ0) is 15.9. The third kappa shape index (κ3) is 2.95. The lowest BCUT2D eigenvalue weighted by molar-refractivity contribution is 0.108. The molecular weight excluding hydrogens is 281 g/mol. The Kier molecular flexibility index (Phi) is 3.85. The number of rotatable bonds is 2. The van der Waals surface area contributed by atoms with Gasteiger partial charge in [-0.15, -0.1) is 0 Å². The molecule has 1 aliphatic heterocycles. The molecule has 3 heterocycles. The van der Waals surface area contributed by atoms with Crippen molar-refractivity contribution >= 4 is 11.0 Å². The second kappa shape index (κ2) is 5.54. The first-order valence-corrected chi connectivity index (χ1v) is 7.88. The lowest BCUT2D eigenvalue weighted by atomic mass is 9.87. The van der Waals surface area contributed by atoms with Crippen LogP contribution < -0.4 is 4.74 Å². The zero-order valence-electron chi connectivity index (χ0n) is 13.7.